The van der Waals surface area contributed by atoms with Crippen LogP contribution in [0.5, 0.6) is 0 Å². The minimum absolute atomic E-state index is 0.0799. The summed E-state index contributed by atoms with van der Waals surface area (Å²) in [6.45, 7) is 0.677. The van der Waals surface area contributed by atoms with Gasteiger partial charge in [-0.2, -0.15) is 5.10 Å². The van der Waals surface area contributed by atoms with E-state index in [4.69, 9.17) is 5.73 Å². The smallest absolute Gasteiger partial charge is 0.137 e. The maximum atomic E-state index is 5.77. The van der Waals surface area contributed by atoms with Gasteiger partial charge >= 0.3 is 0 Å². The lowest BCUT2D eigenvalue weighted by Crippen LogP contribution is -2.38. The molecular formula is C8H14N4. The molecule has 2 rings (SSSR count). The van der Waals surface area contributed by atoms with Crippen LogP contribution >= 0.6 is 0 Å². The lowest BCUT2D eigenvalue weighted by Gasteiger charge is -2.26. The Morgan fingerprint density at radius 1 is 1.42 bits per heavy atom. The molecule has 0 saturated heterocycles. The molecule has 1 aliphatic carbocycles. The summed E-state index contributed by atoms with van der Waals surface area (Å²) in [5, 5.41) is 4.17. The SMILES string of the molecule is NCC1(n2cncn2)CCCC1. The summed E-state index contributed by atoms with van der Waals surface area (Å²) in [6, 6.07) is 0. The molecular weight excluding hydrogens is 152 g/mol. The van der Waals surface area contributed by atoms with E-state index in [0.717, 1.165) is 12.8 Å². The molecule has 0 atom stereocenters. The standard InChI is InChI=1S/C8H14N4/c9-5-8(3-1-2-4-8)12-7-10-6-11-12/h6-7H,1-5,9H2. The van der Waals surface area contributed by atoms with Crippen LogP contribution in [0, 0.1) is 0 Å². The molecule has 1 aromatic heterocycles. The average molecular weight is 166 g/mol. The Kier molecular flexibility index (Phi) is 1.84. The molecule has 0 aromatic carbocycles. The van der Waals surface area contributed by atoms with Gasteiger partial charge in [0.2, 0.25) is 0 Å². The lowest BCUT2D eigenvalue weighted by atomic mass is 9.99. The molecule has 2 N–H and O–H groups in total. The van der Waals surface area contributed by atoms with Crippen molar-refractivity contribution in [3.05, 3.63) is 12.7 Å². The van der Waals surface area contributed by atoms with Crippen LogP contribution in [0.2, 0.25) is 0 Å². The highest BCUT2D eigenvalue weighted by Crippen LogP contribution is 2.34. The minimum atomic E-state index is 0.0799. The van der Waals surface area contributed by atoms with E-state index >= 15 is 0 Å². The number of nitrogens with zero attached hydrogens (tertiary/aromatic N) is 3. The first-order valence-corrected chi connectivity index (χ1v) is 4.43. The molecule has 0 spiro atoms. The Bertz CT molecular complexity index is 236. The fourth-order valence-electron chi connectivity index (χ4n) is 2.01. The Morgan fingerprint density at radius 3 is 2.67 bits per heavy atom. The number of hydrogen-bond donors (Lipinski definition) is 1. The van der Waals surface area contributed by atoms with Crippen LogP contribution < -0.4 is 5.73 Å². The summed E-state index contributed by atoms with van der Waals surface area (Å²) in [4.78, 5) is 3.96. The van der Waals surface area contributed by atoms with Crippen LogP contribution in [-0.4, -0.2) is 21.3 Å². The summed E-state index contributed by atoms with van der Waals surface area (Å²) in [5.41, 5.74) is 5.85. The first-order valence-electron chi connectivity index (χ1n) is 4.43. The summed E-state index contributed by atoms with van der Waals surface area (Å²) in [6.07, 6.45) is 8.17. The van der Waals surface area contributed by atoms with Gasteiger partial charge in [-0.1, -0.05) is 12.8 Å². The van der Waals surface area contributed by atoms with Gasteiger partial charge in [0.25, 0.3) is 0 Å². The Balaban J connectivity index is 2.28. The van der Waals surface area contributed by atoms with Crippen molar-refractivity contribution < 1.29 is 0 Å². The third-order valence-corrected chi connectivity index (χ3v) is 2.82. The van der Waals surface area contributed by atoms with Crippen molar-refractivity contribution in [2.24, 2.45) is 5.73 Å². The highest BCUT2D eigenvalue weighted by atomic mass is 15.4. The predicted octanol–water partition coefficient (Wildman–Crippen LogP) is 0.506. The van der Waals surface area contributed by atoms with Gasteiger partial charge in [-0.15, -0.1) is 0 Å². The fraction of sp³-hybridized carbons (Fsp3) is 0.750. The monoisotopic (exact) mass is 166 g/mol. The zero-order valence-electron chi connectivity index (χ0n) is 7.11. The maximum Gasteiger partial charge on any atom is 0.137 e. The van der Waals surface area contributed by atoms with Crippen LogP contribution in [0.4, 0.5) is 0 Å². The van der Waals surface area contributed by atoms with Gasteiger partial charge in [-0.05, 0) is 12.8 Å². The van der Waals surface area contributed by atoms with Gasteiger partial charge in [0.1, 0.15) is 12.7 Å². The molecule has 1 aliphatic rings. The van der Waals surface area contributed by atoms with Gasteiger partial charge in [0.05, 0.1) is 5.54 Å². The van der Waals surface area contributed by atoms with E-state index in [1.807, 2.05) is 4.68 Å². The second-order valence-corrected chi connectivity index (χ2v) is 3.48. The van der Waals surface area contributed by atoms with Gasteiger partial charge in [0, 0.05) is 6.54 Å². The van der Waals surface area contributed by atoms with Gasteiger partial charge in [0.15, 0.2) is 0 Å². The molecule has 0 unspecified atom stereocenters. The Labute approximate surface area is 71.8 Å². The average Bonchev–Trinajstić information content (AvgIpc) is 2.76. The van der Waals surface area contributed by atoms with Crippen molar-refractivity contribution in [3.8, 4) is 0 Å². The van der Waals surface area contributed by atoms with E-state index in [0.29, 0.717) is 6.54 Å². The van der Waals surface area contributed by atoms with Crippen molar-refractivity contribution in [1.82, 2.24) is 14.8 Å². The third kappa shape index (κ3) is 1.03. The Hall–Kier alpha value is -0.900. The van der Waals surface area contributed by atoms with Crippen molar-refractivity contribution in [3.63, 3.8) is 0 Å². The van der Waals surface area contributed by atoms with Crippen molar-refractivity contribution >= 4 is 0 Å². The zero-order chi connectivity index (χ0) is 8.44. The molecule has 4 heteroatoms. The van der Waals surface area contributed by atoms with Gasteiger partial charge < -0.3 is 5.73 Å². The van der Waals surface area contributed by atoms with Crippen LogP contribution in [0.1, 0.15) is 25.7 Å². The number of nitrogens with two attached hydrogens (primary N) is 1. The topological polar surface area (TPSA) is 56.7 Å². The van der Waals surface area contributed by atoms with Crippen LogP contribution in [0.25, 0.3) is 0 Å². The number of hydrogen-bond acceptors (Lipinski definition) is 3. The molecule has 0 bridgehead atoms. The van der Waals surface area contributed by atoms with E-state index in [1.165, 1.54) is 12.8 Å². The third-order valence-electron chi connectivity index (χ3n) is 2.82. The predicted molar refractivity (Wildman–Crippen MR) is 45.5 cm³/mol. The first kappa shape index (κ1) is 7.73. The fourth-order valence-corrected chi connectivity index (χ4v) is 2.01. The summed E-state index contributed by atoms with van der Waals surface area (Å²) in [7, 11) is 0. The normalized spacial score (nSPS) is 21.4. The quantitative estimate of drug-likeness (QED) is 0.696. The number of rotatable bonds is 2. The molecule has 0 radical (unpaired) electrons. The van der Waals surface area contributed by atoms with Crippen LogP contribution in [-0.2, 0) is 5.54 Å². The van der Waals surface area contributed by atoms with E-state index in [-0.39, 0.29) is 5.54 Å². The summed E-state index contributed by atoms with van der Waals surface area (Å²) < 4.78 is 1.93. The molecule has 4 nitrogen and oxygen atoms in total. The van der Waals surface area contributed by atoms with E-state index in [9.17, 15) is 0 Å². The number of aromatic nitrogens is 3. The van der Waals surface area contributed by atoms with Crippen molar-refractivity contribution in [1.29, 1.82) is 0 Å². The molecule has 0 amide bonds. The molecule has 1 heterocycles. The molecule has 1 fully saturated rings. The highest BCUT2D eigenvalue weighted by Gasteiger charge is 2.34. The largest absolute Gasteiger partial charge is 0.328 e. The van der Waals surface area contributed by atoms with Gasteiger partial charge in [-0.3, -0.25) is 0 Å². The summed E-state index contributed by atoms with van der Waals surface area (Å²) in [5.74, 6) is 0. The minimum Gasteiger partial charge on any atom is -0.328 e. The van der Waals surface area contributed by atoms with Crippen LogP contribution in [0.15, 0.2) is 12.7 Å². The summed E-state index contributed by atoms with van der Waals surface area (Å²) >= 11 is 0. The molecule has 1 saturated carbocycles. The highest BCUT2D eigenvalue weighted by molar-refractivity contribution is 4.90. The maximum absolute atomic E-state index is 5.77. The molecule has 1 aromatic rings. The molecule has 12 heavy (non-hydrogen) atoms. The van der Waals surface area contributed by atoms with Crippen molar-refractivity contribution in [2.45, 2.75) is 31.2 Å². The molecule has 0 aliphatic heterocycles. The second kappa shape index (κ2) is 2.86. The lowest BCUT2D eigenvalue weighted by molar-refractivity contribution is 0.272. The van der Waals surface area contributed by atoms with E-state index in [1.54, 1.807) is 12.7 Å². The van der Waals surface area contributed by atoms with E-state index in [2.05, 4.69) is 10.1 Å². The Morgan fingerprint density at radius 2 is 2.17 bits per heavy atom. The van der Waals surface area contributed by atoms with Crippen LogP contribution in [0.3, 0.4) is 0 Å². The molecule has 66 valence electrons. The van der Waals surface area contributed by atoms with Crippen molar-refractivity contribution in [2.75, 3.05) is 6.54 Å². The zero-order valence-corrected chi connectivity index (χ0v) is 7.11. The van der Waals surface area contributed by atoms with E-state index < -0.39 is 0 Å². The second-order valence-electron chi connectivity index (χ2n) is 3.48. The van der Waals surface area contributed by atoms with Gasteiger partial charge in [-0.25, -0.2) is 9.67 Å². The first-order chi connectivity index (χ1) is 5.87.